The van der Waals surface area contributed by atoms with Gasteiger partial charge >= 0.3 is 0 Å². The molecule has 0 spiro atoms. The number of rotatable bonds is 7. The van der Waals surface area contributed by atoms with Crippen molar-refractivity contribution >= 4 is 71.2 Å². The molecule has 1 aliphatic rings. The van der Waals surface area contributed by atoms with Gasteiger partial charge < -0.3 is 9.47 Å². The summed E-state index contributed by atoms with van der Waals surface area (Å²) in [4.78, 5) is 2.46. The van der Waals surface area contributed by atoms with E-state index in [1.807, 2.05) is 0 Å². The average molecular weight is 905 g/mol. The molecule has 14 rings (SSSR count). The number of hydrogen-bond donors (Lipinski definition) is 0. The molecule has 0 radical (unpaired) electrons. The number of para-hydroxylation sites is 2. The maximum Gasteiger partial charge on any atom is 0.0542 e. The van der Waals surface area contributed by atoms with E-state index in [2.05, 4.69) is 278 Å². The Hall–Kier alpha value is -8.98. The van der Waals surface area contributed by atoms with Gasteiger partial charge in [0.25, 0.3) is 0 Å². The summed E-state index contributed by atoms with van der Waals surface area (Å²) >= 11 is 0. The number of hydrogen-bond acceptors (Lipinski definition) is 1. The van der Waals surface area contributed by atoms with E-state index in [-0.39, 0.29) is 5.41 Å². The zero-order valence-corrected chi connectivity index (χ0v) is 39.6. The van der Waals surface area contributed by atoms with E-state index in [1.54, 1.807) is 0 Å². The van der Waals surface area contributed by atoms with Crippen molar-refractivity contribution < 1.29 is 0 Å². The first-order valence-electron chi connectivity index (χ1n) is 24.8. The Morgan fingerprint density at radius 2 is 0.803 bits per heavy atom. The number of benzene rings is 12. The van der Waals surface area contributed by atoms with Gasteiger partial charge in [-0.3, -0.25) is 0 Å². The highest BCUT2D eigenvalue weighted by molar-refractivity contribution is 6.21. The fourth-order valence-electron chi connectivity index (χ4n) is 12.0. The van der Waals surface area contributed by atoms with E-state index >= 15 is 0 Å². The summed E-state index contributed by atoms with van der Waals surface area (Å²) in [5.74, 6) is 0. The van der Waals surface area contributed by atoms with Gasteiger partial charge in [-0.1, -0.05) is 202 Å². The molecule has 71 heavy (non-hydrogen) atoms. The van der Waals surface area contributed by atoms with E-state index in [9.17, 15) is 0 Å². The Kier molecular flexibility index (Phi) is 9.28. The molecule has 0 fully saturated rings. The van der Waals surface area contributed by atoms with Crippen molar-refractivity contribution in [3.05, 3.63) is 266 Å². The zero-order valence-electron chi connectivity index (χ0n) is 39.6. The van der Waals surface area contributed by atoms with Crippen LogP contribution in [0.25, 0.3) is 104 Å². The molecule has 2 heteroatoms. The Morgan fingerprint density at radius 3 is 1.51 bits per heavy atom. The average Bonchev–Trinajstić information content (AvgIpc) is 3.87. The second-order valence-corrected chi connectivity index (χ2v) is 19.6. The van der Waals surface area contributed by atoms with Gasteiger partial charge in [-0.15, -0.1) is 0 Å². The molecule has 2 nitrogen and oxygen atoms in total. The van der Waals surface area contributed by atoms with E-state index < -0.39 is 0 Å². The van der Waals surface area contributed by atoms with E-state index in [0.717, 1.165) is 22.7 Å². The normalized spacial score (nSPS) is 12.8. The van der Waals surface area contributed by atoms with Crippen molar-refractivity contribution in [1.82, 2.24) is 4.57 Å². The molecule has 334 valence electrons. The number of aromatic nitrogens is 1. The molecule has 0 atom stereocenters. The fraction of sp³-hybridized carbons (Fsp3) is 0.0435. The zero-order chi connectivity index (χ0) is 47.2. The SMILES string of the molecule is CC1(C)c2cc(-c3c4ccccc4c(-c4ccccc4)c4ccccc34)ccc2-c2ccc(N(c3ccc(-c4cccc5ccccc45)cc3)c3ccc4c(c3)c3ccccc3n4-c3ccccc3)cc21. The molecular formula is C69H48N2. The highest BCUT2D eigenvalue weighted by Gasteiger charge is 2.37. The lowest BCUT2D eigenvalue weighted by Gasteiger charge is -2.28. The third kappa shape index (κ3) is 6.42. The molecule has 1 heterocycles. The standard InChI is InChI=1S/C69H48N2/c1-69(2)63-42-48(68-60-28-13-11-26-58(60)67(47-19-5-3-6-20-47)59-27-12-14-29-61(59)68)34-39-55(63)56-40-37-52(44-64(56)69)70(50-35-32-46(33-36-50)54-30-17-21-45-18-9-10-24-53(45)54)51-38-41-66-62(43-51)57-25-15-16-31-65(57)71(66)49-22-7-4-8-23-49/h3-44H,1-2H3. The van der Waals surface area contributed by atoms with Crippen LogP contribution in [0.2, 0.25) is 0 Å². The van der Waals surface area contributed by atoms with Crippen molar-refractivity contribution in [2.75, 3.05) is 4.90 Å². The first kappa shape index (κ1) is 41.0. The summed E-state index contributed by atoms with van der Waals surface area (Å²) < 4.78 is 2.39. The lowest BCUT2D eigenvalue weighted by molar-refractivity contribution is 0.660. The third-order valence-corrected chi connectivity index (χ3v) is 15.4. The second-order valence-electron chi connectivity index (χ2n) is 19.6. The lowest BCUT2D eigenvalue weighted by atomic mass is 9.80. The lowest BCUT2D eigenvalue weighted by Crippen LogP contribution is -2.16. The summed E-state index contributed by atoms with van der Waals surface area (Å²) in [6.07, 6.45) is 0. The fourth-order valence-corrected chi connectivity index (χ4v) is 12.0. The quantitative estimate of drug-likeness (QED) is 0.145. The molecule has 1 aromatic heterocycles. The van der Waals surface area contributed by atoms with Crippen LogP contribution >= 0.6 is 0 Å². The third-order valence-electron chi connectivity index (χ3n) is 15.4. The van der Waals surface area contributed by atoms with Crippen LogP contribution in [0, 0.1) is 0 Å². The molecule has 0 amide bonds. The highest BCUT2D eigenvalue weighted by atomic mass is 15.1. The van der Waals surface area contributed by atoms with Crippen molar-refractivity contribution in [2.24, 2.45) is 0 Å². The van der Waals surface area contributed by atoms with Gasteiger partial charge in [-0.25, -0.2) is 0 Å². The molecule has 0 saturated heterocycles. The van der Waals surface area contributed by atoms with Crippen LogP contribution in [0.1, 0.15) is 25.0 Å². The van der Waals surface area contributed by atoms with Crippen molar-refractivity contribution in [2.45, 2.75) is 19.3 Å². The molecule has 0 saturated carbocycles. The molecule has 0 N–H and O–H groups in total. The van der Waals surface area contributed by atoms with Gasteiger partial charge in [0.05, 0.1) is 11.0 Å². The Morgan fingerprint density at radius 1 is 0.310 bits per heavy atom. The Balaban J connectivity index is 0.924. The summed E-state index contributed by atoms with van der Waals surface area (Å²) in [5.41, 5.74) is 19.4. The van der Waals surface area contributed by atoms with Gasteiger partial charge in [0.1, 0.15) is 0 Å². The largest absolute Gasteiger partial charge is 0.310 e. The summed E-state index contributed by atoms with van der Waals surface area (Å²) in [5, 5.41) is 10.0. The predicted octanol–water partition coefficient (Wildman–Crippen LogP) is 19.0. The van der Waals surface area contributed by atoms with Crippen LogP contribution in [-0.2, 0) is 5.41 Å². The van der Waals surface area contributed by atoms with Crippen LogP contribution < -0.4 is 4.90 Å². The van der Waals surface area contributed by atoms with Gasteiger partial charge in [0.2, 0.25) is 0 Å². The minimum Gasteiger partial charge on any atom is -0.310 e. The maximum absolute atomic E-state index is 2.49. The molecule has 13 aromatic rings. The van der Waals surface area contributed by atoms with Crippen LogP contribution in [0.3, 0.4) is 0 Å². The minimum absolute atomic E-state index is 0.275. The molecular weight excluding hydrogens is 857 g/mol. The van der Waals surface area contributed by atoms with Crippen LogP contribution in [0.5, 0.6) is 0 Å². The monoisotopic (exact) mass is 904 g/mol. The van der Waals surface area contributed by atoms with Gasteiger partial charge in [-0.05, 0) is 155 Å². The Labute approximate surface area is 414 Å². The topological polar surface area (TPSA) is 8.17 Å². The molecule has 12 aromatic carbocycles. The van der Waals surface area contributed by atoms with Crippen LogP contribution in [0.4, 0.5) is 17.1 Å². The van der Waals surface area contributed by atoms with Crippen LogP contribution in [0.15, 0.2) is 255 Å². The molecule has 0 aliphatic heterocycles. The predicted molar refractivity (Wildman–Crippen MR) is 302 cm³/mol. The van der Waals surface area contributed by atoms with Crippen molar-refractivity contribution in [1.29, 1.82) is 0 Å². The molecule has 0 bridgehead atoms. The minimum atomic E-state index is -0.275. The molecule has 0 unspecified atom stereocenters. The first-order valence-corrected chi connectivity index (χ1v) is 24.8. The number of anilines is 3. The van der Waals surface area contributed by atoms with Crippen LogP contribution in [-0.4, -0.2) is 4.57 Å². The van der Waals surface area contributed by atoms with Gasteiger partial charge in [0, 0.05) is 38.9 Å². The van der Waals surface area contributed by atoms with E-state index in [1.165, 1.54) is 110 Å². The van der Waals surface area contributed by atoms with Gasteiger partial charge in [-0.2, -0.15) is 0 Å². The van der Waals surface area contributed by atoms with Crippen molar-refractivity contribution in [3.63, 3.8) is 0 Å². The number of fused-ring (bicyclic) bond motifs is 9. The maximum atomic E-state index is 2.49. The van der Waals surface area contributed by atoms with Crippen molar-refractivity contribution in [3.8, 4) is 50.2 Å². The van der Waals surface area contributed by atoms with Gasteiger partial charge in [0.15, 0.2) is 0 Å². The Bertz CT molecular complexity index is 4170. The van der Waals surface area contributed by atoms with E-state index in [4.69, 9.17) is 0 Å². The summed E-state index contributed by atoms with van der Waals surface area (Å²) in [6.45, 7) is 4.82. The number of nitrogens with zero attached hydrogens (tertiary/aromatic N) is 2. The highest BCUT2D eigenvalue weighted by Crippen LogP contribution is 2.53. The summed E-state index contributed by atoms with van der Waals surface area (Å²) in [7, 11) is 0. The smallest absolute Gasteiger partial charge is 0.0542 e. The van der Waals surface area contributed by atoms with E-state index in [0.29, 0.717) is 0 Å². The first-order chi connectivity index (χ1) is 35.0. The summed E-state index contributed by atoms with van der Waals surface area (Å²) in [6, 6.07) is 94.2. The molecule has 1 aliphatic carbocycles. The second kappa shape index (κ2) is 16.1.